The Bertz CT molecular complexity index is 69.2. The van der Waals surface area contributed by atoms with Gasteiger partial charge in [0.2, 0.25) is 0 Å². The van der Waals surface area contributed by atoms with Crippen molar-refractivity contribution in [1.29, 1.82) is 0 Å². The number of hydrogen-bond acceptors (Lipinski definition) is 4. The van der Waals surface area contributed by atoms with Gasteiger partial charge in [0.25, 0.3) is 0 Å². The topological polar surface area (TPSA) is 69.1 Å². The van der Waals surface area contributed by atoms with Crippen LogP contribution in [0.3, 0.4) is 0 Å². The molecule has 0 bridgehead atoms. The van der Waals surface area contributed by atoms with E-state index in [-0.39, 0.29) is 51.4 Å². The Morgan fingerprint density at radius 3 is 2.10 bits per heavy atom. The number of thiol groups is 1. The minimum atomic E-state index is -0.433. The van der Waals surface area contributed by atoms with Crippen LogP contribution in [-0.2, 0) is 4.79 Å². The van der Waals surface area contributed by atoms with Gasteiger partial charge < -0.3 is 10.5 Å². The summed E-state index contributed by atoms with van der Waals surface area (Å²) >= 11 is 3.86. The van der Waals surface area contributed by atoms with Gasteiger partial charge in [-0.3, -0.25) is 0 Å². The molecule has 0 unspecified atom stereocenters. The molecule has 6 heteroatoms. The van der Waals surface area contributed by atoms with Crippen LogP contribution in [-0.4, -0.2) is 18.1 Å². The van der Waals surface area contributed by atoms with Crippen molar-refractivity contribution in [2.45, 2.75) is 12.5 Å². The zero-order valence-corrected chi connectivity index (χ0v) is 9.90. The van der Waals surface area contributed by atoms with Crippen LogP contribution in [0.4, 0.5) is 4.48 Å². The third-order valence-corrected chi connectivity index (χ3v) is 0.850. The molecule has 0 aromatic carbocycles. The van der Waals surface area contributed by atoms with Crippen LogP contribution in [0.15, 0.2) is 0 Å². The maximum Gasteiger partial charge on any atom is 1.00 e. The molecule has 0 saturated heterocycles. The summed E-state index contributed by atoms with van der Waals surface area (Å²) in [7, 11) is 0. The third-order valence-electron chi connectivity index (χ3n) is 0.591. The van der Waals surface area contributed by atoms with E-state index in [0.717, 1.165) is 0 Å². The summed E-state index contributed by atoms with van der Waals surface area (Å²) in [6.07, 6.45) is 2.26. The number of rotatable bonds is 3. The summed E-state index contributed by atoms with van der Waals surface area (Å²) in [5.74, 6) is 3.65. The van der Waals surface area contributed by atoms with Crippen molar-refractivity contribution in [2.75, 3.05) is 5.75 Å². The largest absolute Gasteiger partial charge is 1.00 e. The number of hydrogen-bond donors (Lipinski definition) is 3. The fraction of sp³-hybridized carbons (Fsp3) is 0.750. The van der Waals surface area contributed by atoms with Gasteiger partial charge in [0, 0.05) is 0 Å². The number of halogens is 1. The molecular weight excluding hydrogens is 182 g/mol. The monoisotopic (exact) mass is 192 g/mol. The Labute approximate surface area is 108 Å². The van der Waals surface area contributed by atoms with Crippen molar-refractivity contribution in [1.82, 2.24) is 0 Å². The van der Waals surface area contributed by atoms with Gasteiger partial charge in [-0.15, -0.1) is 4.48 Å². The van der Waals surface area contributed by atoms with Crippen LogP contribution in [0.2, 0.25) is 0 Å². The minimum absolute atomic E-state index is 0. The molecule has 56 valence electrons. The molecule has 0 aliphatic heterocycles. The van der Waals surface area contributed by atoms with E-state index in [4.69, 9.17) is 10.2 Å². The molecule has 0 saturated carbocycles. The molecule has 0 aliphatic rings. The van der Waals surface area contributed by atoms with Crippen LogP contribution in [0.5, 0.6) is 0 Å². The summed E-state index contributed by atoms with van der Waals surface area (Å²) in [4.78, 5) is 9.61. The van der Waals surface area contributed by atoms with Crippen LogP contribution >= 0.6 is 12.6 Å². The van der Waals surface area contributed by atoms with Gasteiger partial charge in [-0.05, 0) is 5.75 Å². The molecule has 0 heterocycles. The zero-order chi connectivity index (χ0) is 7.70. The Morgan fingerprint density at radius 1 is 1.60 bits per heavy atom. The van der Waals surface area contributed by atoms with Gasteiger partial charge in [0.15, 0.2) is 0 Å². The summed E-state index contributed by atoms with van der Waals surface area (Å²) in [6, 6.07) is -0.433. The first-order chi connectivity index (χ1) is 4.31. The molecule has 0 fully saturated rings. The molecule has 0 amide bonds. The van der Waals surface area contributed by atoms with Gasteiger partial charge in [-0.2, -0.15) is 18.6 Å². The minimum Gasteiger partial charge on any atom is -0.540 e. The average molecular weight is 192 g/mol. The van der Waals surface area contributed by atoms with Crippen molar-refractivity contribution in [2.24, 2.45) is 11.7 Å². The van der Waals surface area contributed by atoms with Gasteiger partial charge in [0.1, 0.15) is 0 Å². The smallest absolute Gasteiger partial charge is 0.540 e. The molecule has 0 rings (SSSR count). The predicted octanol–water partition coefficient (Wildman–Crippen LogP) is -3.42. The molecular formula is C4H10FKN2OS. The van der Waals surface area contributed by atoms with Crippen LogP contribution < -0.4 is 63.1 Å². The van der Waals surface area contributed by atoms with E-state index in [0.29, 0.717) is 12.2 Å². The van der Waals surface area contributed by atoms with Crippen LogP contribution in [0.1, 0.15) is 6.42 Å². The maximum absolute atomic E-state index is 9.61. The molecule has 0 aliphatic carbocycles. The standard InChI is InChI=1S/C4H8NOS.FH2N.K/c5-4(3-6)1-2-7;1-2;/h4,7H,1-2,5H2;2H2;/q-1;;+1/t4-;;/m0../s1. The van der Waals surface area contributed by atoms with E-state index in [2.05, 4.69) is 18.6 Å². The second-order valence-electron chi connectivity index (χ2n) is 1.24. The van der Waals surface area contributed by atoms with E-state index in [1.165, 1.54) is 0 Å². The van der Waals surface area contributed by atoms with E-state index < -0.39 is 6.04 Å². The molecule has 0 radical (unpaired) electrons. The molecule has 1 atom stereocenters. The van der Waals surface area contributed by atoms with Crippen molar-refractivity contribution in [3.63, 3.8) is 0 Å². The molecule has 0 aromatic rings. The van der Waals surface area contributed by atoms with Crippen molar-refractivity contribution in [3.8, 4) is 0 Å². The average Bonchev–Trinajstić information content (AvgIpc) is 1.93. The van der Waals surface area contributed by atoms with Gasteiger partial charge >= 0.3 is 51.4 Å². The van der Waals surface area contributed by atoms with Crippen molar-refractivity contribution in [3.05, 3.63) is 0 Å². The summed E-state index contributed by atoms with van der Waals surface area (Å²) in [5.41, 5.74) is 5.11. The molecule has 0 spiro atoms. The first-order valence-electron chi connectivity index (χ1n) is 2.27. The zero-order valence-electron chi connectivity index (χ0n) is 5.88. The second kappa shape index (κ2) is 16.9. The summed E-state index contributed by atoms with van der Waals surface area (Å²) in [6.45, 7) is 0. The summed E-state index contributed by atoms with van der Waals surface area (Å²) in [5, 5.41) is 0. The normalized spacial score (nSPS) is 10.0. The van der Waals surface area contributed by atoms with Crippen LogP contribution in [0.25, 0.3) is 0 Å². The Morgan fingerprint density at radius 2 is 2.00 bits per heavy atom. The number of nitrogens with two attached hydrogens (primary N) is 2. The van der Waals surface area contributed by atoms with E-state index in [1.54, 1.807) is 6.29 Å². The Kier molecular flexibility index (Phi) is 29.6. The first kappa shape index (κ1) is 17.6. The SMILES string of the molecule is NF.N[C@H]([C-]=O)CCS.[K+]. The molecule has 4 N–H and O–H groups in total. The predicted molar refractivity (Wildman–Crippen MR) is 37.4 cm³/mol. The quantitative estimate of drug-likeness (QED) is 0.189. The maximum atomic E-state index is 9.61. The van der Waals surface area contributed by atoms with E-state index in [9.17, 15) is 4.79 Å². The first-order valence-corrected chi connectivity index (χ1v) is 2.90. The number of carbonyl (C=O) groups excluding carboxylic acids is 1. The molecule has 3 nitrogen and oxygen atoms in total. The second-order valence-corrected chi connectivity index (χ2v) is 1.68. The van der Waals surface area contributed by atoms with Crippen molar-refractivity contribution >= 4 is 18.9 Å². The van der Waals surface area contributed by atoms with E-state index >= 15 is 0 Å². The van der Waals surface area contributed by atoms with Crippen molar-refractivity contribution < 1.29 is 60.7 Å². The molecule has 0 aromatic heterocycles. The van der Waals surface area contributed by atoms with Gasteiger partial charge in [0.05, 0.1) is 0 Å². The van der Waals surface area contributed by atoms with Crippen LogP contribution in [0, 0.1) is 0 Å². The molecule has 10 heavy (non-hydrogen) atoms. The third kappa shape index (κ3) is 16.2. The van der Waals surface area contributed by atoms with E-state index in [1.807, 2.05) is 0 Å². The Hall–Kier alpha value is 1.51. The van der Waals surface area contributed by atoms with Gasteiger partial charge in [-0.1, -0.05) is 12.5 Å². The Balaban J connectivity index is -0.000000149. The fourth-order valence-electron chi connectivity index (χ4n) is 0.198. The van der Waals surface area contributed by atoms with Gasteiger partial charge in [-0.25, -0.2) is 6.29 Å². The summed E-state index contributed by atoms with van der Waals surface area (Å²) < 4.78 is 9.00. The fourth-order valence-corrected chi connectivity index (χ4v) is 0.476.